The number of carbonyl (C=O) groups is 1. The van der Waals surface area contributed by atoms with E-state index in [0.717, 1.165) is 10.6 Å². The standard InChI is InChI=1S/C11H9Cl2NO2S/c1-5-10(11(15)16-2)17-7-4-3-6(12)8(13)9(7)14-5/h3-4,14H,1-2H3. The number of esters is 1. The molecule has 0 aliphatic carbocycles. The highest BCUT2D eigenvalue weighted by atomic mass is 35.5. The number of anilines is 1. The first-order valence-corrected chi connectivity index (χ1v) is 6.34. The monoisotopic (exact) mass is 289 g/mol. The van der Waals surface area contributed by atoms with Crippen molar-refractivity contribution in [3.05, 3.63) is 32.8 Å². The maximum atomic E-state index is 11.5. The molecule has 0 fully saturated rings. The van der Waals surface area contributed by atoms with Gasteiger partial charge in [-0.25, -0.2) is 4.79 Å². The second-order valence-electron chi connectivity index (χ2n) is 3.41. The second-order valence-corrected chi connectivity index (χ2v) is 5.24. The van der Waals surface area contributed by atoms with E-state index in [1.807, 2.05) is 6.07 Å². The fourth-order valence-corrected chi connectivity index (χ4v) is 2.86. The summed E-state index contributed by atoms with van der Waals surface area (Å²) < 4.78 is 4.71. The van der Waals surface area contributed by atoms with Crippen molar-refractivity contribution in [1.29, 1.82) is 0 Å². The Bertz CT molecular complexity index is 528. The largest absolute Gasteiger partial charge is 0.465 e. The number of thioether (sulfide) groups is 1. The van der Waals surface area contributed by atoms with Gasteiger partial charge >= 0.3 is 5.97 Å². The van der Waals surface area contributed by atoms with Crippen molar-refractivity contribution in [2.45, 2.75) is 11.8 Å². The highest BCUT2D eigenvalue weighted by Gasteiger charge is 2.24. The van der Waals surface area contributed by atoms with Gasteiger partial charge in [-0.15, -0.1) is 0 Å². The van der Waals surface area contributed by atoms with Crippen LogP contribution in [0.25, 0.3) is 0 Å². The summed E-state index contributed by atoms with van der Waals surface area (Å²) in [6.45, 7) is 1.79. The number of halogens is 2. The van der Waals surface area contributed by atoms with E-state index in [4.69, 9.17) is 27.9 Å². The zero-order chi connectivity index (χ0) is 12.6. The van der Waals surface area contributed by atoms with Gasteiger partial charge in [0.1, 0.15) is 4.91 Å². The van der Waals surface area contributed by atoms with Gasteiger partial charge in [0.15, 0.2) is 0 Å². The Balaban J connectivity index is 2.45. The summed E-state index contributed by atoms with van der Waals surface area (Å²) in [5.41, 5.74) is 1.44. The summed E-state index contributed by atoms with van der Waals surface area (Å²) in [4.78, 5) is 12.9. The first-order valence-electron chi connectivity index (χ1n) is 4.76. The minimum atomic E-state index is -0.364. The topological polar surface area (TPSA) is 38.3 Å². The molecule has 0 bridgehead atoms. The van der Waals surface area contributed by atoms with Crippen molar-refractivity contribution in [1.82, 2.24) is 0 Å². The summed E-state index contributed by atoms with van der Waals surface area (Å²) in [5.74, 6) is -0.364. The van der Waals surface area contributed by atoms with Gasteiger partial charge in [0.2, 0.25) is 0 Å². The van der Waals surface area contributed by atoms with Crippen LogP contribution in [0.5, 0.6) is 0 Å². The fraction of sp³-hybridized carbons (Fsp3) is 0.182. The Morgan fingerprint density at radius 1 is 1.41 bits per heavy atom. The Morgan fingerprint density at radius 2 is 2.12 bits per heavy atom. The SMILES string of the molecule is COC(=O)C1=C(C)Nc2c(ccc(Cl)c2Cl)S1. The Labute approximate surface area is 113 Å². The number of rotatable bonds is 1. The molecule has 0 saturated heterocycles. The Hall–Kier alpha value is -0.840. The molecule has 0 amide bonds. The third kappa shape index (κ3) is 2.25. The molecule has 3 nitrogen and oxygen atoms in total. The van der Waals surface area contributed by atoms with E-state index in [1.54, 1.807) is 13.0 Å². The maximum absolute atomic E-state index is 11.5. The molecule has 90 valence electrons. The molecule has 1 aliphatic rings. The molecular weight excluding hydrogens is 281 g/mol. The van der Waals surface area contributed by atoms with Gasteiger partial charge in [-0.1, -0.05) is 35.0 Å². The molecular formula is C11H9Cl2NO2S. The van der Waals surface area contributed by atoms with Gasteiger partial charge in [-0.3, -0.25) is 0 Å². The molecule has 0 atom stereocenters. The molecule has 1 N–H and O–H groups in total. The molecule has 6 heteroatoms. The van der Waals surface area contributed by atoms with Crippen molar-refractivity contribution in [2.24, 2.45) is 0 Å². The normalized spacial score (nSPS) is 14.1. The van der Waals surface area contributed by atoms with Gasteiger partial charge in [-0.2, -0.15) is 0 Å². The van der Waals surface area contributed by atoms with Gasteiger partial charge in [-0.05, 0) is 19.1 Å². The summed E-state index contributed by atoms with van der Waals surface area (Å²) in [6, 6.07) is 3.52. The molecule has 1 aromatic carbocycles. The van der Waals surface area contributed by atoms with Crippen LogP contribution in [0.4, 0.5) is 5.69 Å². The lowest BCUT2D eigenvalue weighted by molar-refractivity contribution is -0.135. The van der Waals surface area contributed by atoms with E-state index in [-0.39, 0.29) is 5.97 Å². The number of hydrogen-bond acceptors (Lipinski definition) is 4. The molecule has 17 heavy (non-hydrogen) atoms. The second kappa shape index (κ2) is 4.80. The molecule has 1 aromatic rings. The van der Waals surface area contributed by atoms with Crippen LogP contribution >= 0.6 is 35.0 Å². The van der Waals surface area contributed by atoms with Crippen molar-refractivity contribution >= 4 is 46.6 Å². The smallest absolute Gasteiger partial charge is 0.346 e. The van der Waals surface area contributed by atoms with Crippen LogP contribution in [0.3, 0.4) is 0 Å². The van der Waals surface area contributed by atoms with Crippen LogP contribution in [0.15, 0.2) is 27.6 Å². The highest BCUT2D eigenvalue weighted by Crippen LogP contribution is 2.45. The molecule has 0 radical (unpaired) electrons. The van der Waals surface area contributed by atoms with Crippen LogP contribution in [0.1, 0.15) is 6.92 Å². The van der Waals surface area contributed by atoms with E-state index in [0.29, 0.717) is 20.6 Å². The lowest BCUT2D eigenvalue weighted by Gasteiger charge is -2.22. The van der Waals surface area contributed by atoms with Crippen LogP contribution in [-0.4, -0.2) is 13.1 Å². The van der Waals surface area contributed by atoms with E-state index in [1.165, 1.54) is 18.9 Å². The Kier molecular flexibility index (Phi) is 3.56. The van der Waals surface area contributed by atoms with Crippen LogP contribution in [-0.2, 0) is 9.53 Å². The lowest BCUT2D eigenvalue weighted by atomic mass is 10.3. The molecule has 1 aliphatic heterocycles. The predicted molar refractivity (Wildman–Crippen MR) is 70.7 cm³/mol. The first-order chi connectivity index (χ1) is 8.04. The summed E-state index contributed by atoms with van der Waals surface area (Å²) in [7, 11) is 1.35. The minimum Gasteiger partial charge on any atom is -0.465 e. The average Bonchev–Trinajstić information content (AvgIpc) is 2.33. The number of nitrogens with one attached hydrogen (secondary N) is 1. The average molecular weight is 290 g/mol. The minimum absolute atomic E-state index is 0.364. The Morgan fingerprint density at radius 3 is 2.76 bits per heavy atom. The van der Waals surface area contributed by atoms with E-state index >= 15 is 0 Å². The number of carbonyl (C=O) groups excluding carboxylic acids is 1. The van der Waals surface area contributed by atoms with Crippen molar-refractivity contribution in [2.75, 3.05) is 12.4 Å². The quantitative estimate of drug-likeness (QED) is 0.796. The molecule has 2 rings (SSSR count). The zero-order valence-electron chi connectivity index (χ0n) is 9.14. The summed E-state index contributed by atoms with van der Waals surface area (Å²) in [6.07, 6.45) is 0. The molecule has 0 saturated carbocycles. The number of benzene rings is 1. The number of methoxy groups -OCH3 is 1. The maximum Gasteiger partial charge on any atom is 0.346 e. The third-order valence-electron chi connectivity index (χ3n) is 2.29. The number of fused-ring (bicyclic) bond motifs is 1. The number of hydrogen-bond donors (Lipinski definition) is 1. The molecule has 1 heterocycles. The van der Waals surface area contributed by atoms with E-state index < -0.39 is 0 Å². The van der Waals surface area contributed by atoms with Crippen molar-refractivity contribution in [3.63, 3.8) is 0 Å². The molecule has 0 aromatic heterocycles. The first kappa shape index (κ1) is 12.6. The van der Waals surface area contributed by atoms with Gasteiger partial charge in [0, 0.05) is 10.6 Å². The predicted octanol–water partition coefficient (Wildman–Crippen LogP) is 3.92. The van der Waals surface area contributed by atoms with Crippen molar-refractivity contribution in [3.8, 4) is 0 Å². The summed E-state index contributed by atoms with van der Waals surface area (Å²) >= 11 is 13.3. The molecule has 0 unspecified atom stereocenters. The van der Waals surface area contributed by atoms with Crippen LogP contribution in [0.2, 0.25) is 10.0 Å². The van der Waals surface area contributed by atoms with Crippen LogP contribution < -0.4 is 5.32 Å². The third-order valence-corrected chi connectivity index (χ3v) is 4.33. The number of ether oxygens (including phenoxy) is 1. The lowest BCUT2D eigenvalue weighted by Crippen LogP contribution is -2.13. The van der Waals surface area contributed by atoms with Gasteiger partial charge < -0.3 is 10.1 Å². The van der Waals surface area contributed by atoms with E-state index in [2.05, 4.69) is 5.32 Å². The van der Waals surface area contributed by atoms with Gasteiger partial charge in [0.25, 0.3) is 0 Å². The number of allylic oxidation sites excluding steroid dienone is 1. The highest BCUT2D eigenvalue weighted by molar-refractivity contribution is 8.04. The van der Waals surface area contributed by atoms with Crippen molar-refractivity contribution < 1.29 is 9.53 Å². The zero-order valence-corrected chi connectivity index (χ0v) is 11.5. The fourth-order valence-electron chi connectivity index (χ4n) is 1.45. The molecule has 0 spiro atoms. The van der Waals surface area contributed by atoms with Crippen LogP contribution in [0, 0.1) is 0 Å². The van der Waals surface area contributed by atoms with E-state index in [9.17, 15) is 4.79 Å². The summed E-state index contributed by atoms with van der Waals surface area (Å²) in [5, 5.41) is 4.01. The van der Waals surface area contributed by atoms with Gasteiger partial charge in [0.05, 0.1) is 22.8 Å².